The lowest BCUT2D eigenvalue weighted by atomic mass is 10.1. The molecule has 1 aliphatic heterocycles. The van der Waals surface area contributed by atoms with Gasteiger partial charge in [-0.05, 0) is 19.9 Å². The topological polar surface area (TPSA) is 26.3 Å². The maximum absolute atomic E-state index is 10.3. The van der Waals surface area contributed by atoms with Gasteiger partial charge in [0.05, 0.1) is 5.76 Å². The van der Waals surface area contributed by atoms with Gasteiger partial charge in [0.15, 0.2) is 11.9 Å². The maximum atomic E-state index is 10.3. The summed E-state index contributed by atoms with van der Waals surface area (Å²) < 4.78 is 5.19. The predicted octanol–water partition coefficient (Wildman–Crippen LogP) is 1.27. The minimum atomic E-state index is -0.565. The van der Waals surface area contributed by atoms with E-state index in [9.17, 15) is 4.79 Å². The molecule has 50 valence electrons. The molecular weight excluding hydrogens is 116 g/mol. The summed E-state index contributed by atoms with van der Waals surface area (Å²) in [5, 5.41) is 0. The maximum Gasteiger partial charge on any atom is 0.164 e. The van der Waals surface area contributed by atoms with Crippen molar-refractivity contribution >= 4 is 6.29 Å². The molecule has 0 saturated carbocycles. The molecule has 0 radical (unpaired) electrons. The second-order valence-corrected chi connectivity index (χ2v) is 2.55. The molecule has 1 unspecified atom stereocenters. The number of ether oxygens (including phenoxy) is 1. The largest absolute Gasteiger partial charge is 0.485 e. The van der Waals surface area contributed by atoms with Crippen LogP contribution in [0.15, 0.2) is 11.8 Å². The van der Waals surface area contributed by atoms with Gasteiger partial charge < -0.3 is 4.74 Å². The molecule has 0 spiro atoms. The summed E-state index contributed by atoms with van der Waals surface area (Å²) >= 11 is 0. The van der Waals surface area contributed by atoms with E-state index in [1.165, 1.54) is 0 Å². The van der Waals surface area contributed by atoms with Gasteiger partial charge in [0.1, 0.15) is 0 Å². The zero-order valence-electron chi connectivity index (χ0n) is 5.68. The van der Waals surface area contributed by atoms with Crippen molar-refractivity contribution in [2.75, 3.05) is 0 Å². The third-order valence-electron chi connectivity index (χ3n) is 1.44. The molecular formula is C7H10O2. The second-order valence-electron chi connectivity index (χ2n) is 2.55. The van der Waals surface area contributed by atoms with Crippen molar-refractivity contribution in [1.82, 2.24) is 0 Å². The standard InChI is InChI=1S/C7H10O2/c1-6-3-4-7(2,5-8)9-6/h3,5H,4H2,1-2H3. The number of aldehydes is 1. The normalized spacial score (nSPS) is 33.3. The quantitative estimate of drug-likeness (QED) is 0.494. The summed E-state index contributed by atoms with van der Waals surface area (Å²) in [5.41, 5.74) is -0.565. The SMILES string of the molecule is CC1=CCC(C)(C=O)O1. The minimum absolute atomic E-state index is 0.565. The van der Waals surface area contributed by atoms with E-state index >= 15 is 0 Å². The van der Waals surface area contributed by atoms with Crippen molar-refractivity contribution < 1.29 is 9.53 Å². The van der Waals surface area contributed by atoms with Crippen molar-refractivity contribution in [1.29, 1.82) is 0 Å². The monoisotopic (exact) mass is 126 g/mol. The van der Waals surface area contributed by atoms with Gasteiger partial charge in [0, 0.05) is 6.42 Å². The Hall–Kier alpha value is -0.790. The van der Waals surface area contributed by atoms with Gasteiger partial charge in [-0.2, -0.15) is 0 Å². The Labute approximate surface area is 54.5 Å². The van der Waals surface area contributed by atoms with Gasteiger partial charge in [-0.1, -0.05) is 0 Å². The third-order valence-corrected chi connectivity index (χ3v) is 1.44. The highest BCUT2D eigenvalue weighted by atomic mass is 16.5. The third kappa shape index (κ3) is 1.12. The molecule has 0 fully saturated rings. The van der Waals surface area contributed by atoms with E-state index in [2.05, 4.69) is 0 Å². The second kappa shape index (κ2) is 1.87. The van der Waals surface area contributed by atoms with Gasteiger partial charge >= 0.3 is 0 Å². The molecule has 0 bridgehead atoms. The molecule has 0 aliphatic carbocycles. The molecule has 0 aromatic rings. The Morgan fingerprint density at radius 3 is 2.78 bits per heavy atom. The highest BCUT2D eigenvalue weighted by Gasteiger charge is 2.28. The van der Waals surface area contributed by atoms with Gasteiger partial charge in [-0.25, -0.2) is 0 Å². The smallest absolute Gasteiger partial charge is 0.164 e. The summed E-state index contributed by atoms with van der Waals surface area (Å²) in [4.78, 5) is 10.3. The number of carbonyl (C=O) groups is 1. The van der Waals surface area contributed by atoms with Crippen molar-refractivity contribution in [3.05, 3.63) is 11.8 Å². The number of hydrogen-bond donors (Lipinski definition) is 0. The Kier molecular flexibility index (Phi) is 1.31. The van der Waals surface area contributed by atoms with E-state index in [0.717, 1.165) is 12.0 Å². The van der Waals surface area contributed by atoms with E-state index in [1.54, 1.807) is 6.92 Å². The Bertz CT molecular complexity index is 160. The fraction of sp³-hybridized carbons (Fsp3) is 0.571. The lowest BCUT2D eigenvalue weighted by Crippen LogP contribution is -2.24. The summed E-state index contributed by atoms with van der Waals surface area (Å²) in [6.07, 6.45) is 3.48. The Balaban J connectivity index is 2.63. The van der Waals surface area contributed by atoms with Crippen molar-refractivity contribution in [3.8, 4) is 0 Å². The molecule has 1 aliphatic rings. The number of carbonyl (C=O) groups excluding carboxylic acids is 1. The molecule has 0 saturated heterocycles. The lowest BCUT2D eigenvalue weighted by molar-refractivity contribution is -0.122. The number of allylic oxidation sites excluding steroid dienone is 1. The number of rotatable bonds is 1. The van der Waals surface area contributed by atoms with Crippen LogP contribution in [0.3, 0.4) is 0 Å². The van der Waals surface area contributed by atoms with E-state index in [1.807, 2.05) is 13.0 Å². The fourth-order valence-corrected chi connectivity index (χ4v) is 0.870. The molecule has 0 N–H and O–H groups in total. The zero-order chi connectivity index (χ0) is 6.91. The van der Waals surface area contributed by atoms with Crippen LogP contribution in [-0.4, -0.2) is 11.9 Å². The molecule has 0 aromatic carbocycles. The molecule has 0 aromatic heterocycles. The highest BCUT2D eigenvalue weighted by Crippen LogP contribution is 2.24. The average Bonchev–Trinajstić information content (AvgIpc) is 2.13. The first-order valence-electron chi connectivity index (χ1n) is 2.98. The minimum Gasteiger partial charge on any atom is -0.485 e. The van der Waals surface area contributed by atoms with Gasteiger partial charge in [0.2, 0.25) is 0 Å². The fourth-order valence-electron chi connectivity index (χ4n) is 0.870. The first kappa shape index (κ1) is 6.33. The van der Waals surface area contributed by atoms with Crippen LogP contribution in [0.25, 0.3) is 0 Å². The van der Waals surface area contributed by atoms with E-state index in [-0.39, 0.29) is 0 Å². The molecule has 2 heteroatoms. The Morgan fingerprint density at radius 1 is 1.89 bits per heavy atom. The van der Waals surface area contributed by atoms with Crippen LogP contribution < -0.4 is 0 Å². The van der Waals surface area contributed by atoms with Crippen LogP contribution in [0, 0.1) is 0 Å². The van der Waals surface area contributed by atoms with E-state index < -0.39 is 5.60 Å². The van der Waals surface area contributed by atoms with Crippen LogP contribution >= 0.6 is 0 Å². The molecule has 2 nitrogen and oxygen atoms in total. The van der Waals surface area contributed by atoms with E-state index in [0.29, 0.717) is 6.42 Å². The van der Waals surface area contributed by atoms with Gasteiger partial charge in [-0.3, -0.25) is 4.79 Å². The summed E-state index contributed by atoms with van der Waals surface area (Å²) in [7, 11) is 0. The van der Waals surface area contributed by atoms with Gasteiger partial charge in [0.25, 0.3) is 0 Å². The van der Waals surface area contributed by atoms with Gasteiger partial charge in [-0.15, -0.1) is 0 Å². The van der Waals surface area contributed by atoms with Crippen molar-refractivity contribution in [2.24, 2.45) is 0 Å². The summed E-state index contributed by atoms with van der Waals surface area (Å²) in [6, 6.07) is 0. The Morgan fingerprint density at radius 2 is 2.56 bits per heavy atom. The molecule has 1 rings (SSSR count). The zero-order valence-corrected chi connectivity index (χ0v) is 5.68. The predicted molar refractivity (Wildman–Crippen MR) is 33.9 cm³/mol. The van der Waals surface area contributed by atoms with Crippen LogP contribution in [-0.2, 0) is 9.53 Å². The lowest BCUT2D eigenvalue weighted by Gasteiger charge is -2.16. The van der Waals surface area contributed by atoms with Crippen molar-refractivity contribution in [3.63, 3.8) is 0 Å². The summed E-state index contributed by atoms with van der Waals surface area (Å²) in [5.74, 6) is 0.851. The first-order chi connectivity index (χ1) is 4.16. The van der Waals surface area contributed by atoms with Crippen molar-refractivity contribution in [2.45, 2.75) is 25.9 Å². The van der Waals surface area contributed by atoms with Crippen LogP contribution in [0.2, 0.25) is 0 Å². The van der Waals surface area contributed by atoms with Crippen LogP contribution in [0.4, 0.5) is 0 Å². The van der Waals surface area contributed by atoms with Crippen LogP contribution in [0.1, 0.15) is 20.3 Å². The molecule has 1 heterocycles. The summed E-state index contributed by atoms with van der Waals surface area (Å²) in [6.45, 7) is 3.64. The molecule has 1 atom stereocenters. The highest BCUT2D eigenvalue weighted by molar-refractivity contribution is 5.63. The molecule has 0 amide bonds. The molecule has 9 heavy (non-hydrogen) atoms. The number of hydrogen-bond acceptors (Lipinski definition) is 2. The van der Waals surface area contributed by atoms with E-state index in [4.69, 9.17) is 4.74 Å². The first-order valence-corrected chi connectivity index (χ1v) is 2.98. The average molecular weight is 126 g/mol. The van der Waals surface area contributed by atoms with Crippen LogP contribution in [0.5, 0.6) is 0 Å².